The van der Waals surface area contributed by atoms with Gasteiger partial charge >= 0.3 is 0 Å². The molecule has 2 atom stereocenters. The van der Waals surface area contributed by atoms with Crippen LogP contribution in [0.3, 0.4) is 0 Å². The molecule has 0 aliphatic carbocycles. The molecule has 5 rings (SSSR count). The molecule has 2 aromatic heterocycles. The van der Waals surface area contributed by atoms with Crippen molar-refractivity contribution in [2.45, 2.75) is 38.8 Å². The Hall–Kier alpha value is -1.66. The van der Waals surface area contributed by atoms with Gasteiger partial charge in [0, 0.05) is 19.0 Å². The molecule has 23 heavy (non-hydrogen) atoms. The summed E-state index contributed by atoms with van der Waals surface area (Å²) < 4.78 is 5.53. The van der Waals surface area contributed by atoms with Crippen LogP contribution in [0.5, 0.6) is 0 Å². The Bertz CT molecular complexity index is 713. The number of oxazole rings is 1. The third-order valence-electron chi connectivity index (χ3n) is 5.17. The number of nitrogens with one attached hydrogen (secondary N) is 1. The van der Waals surface area contributed by atoms with Gasteiger partial charge in [-0.25, -0.2) is 4.98 Å². The van der Waals surface area contributed by atoms with Crippen LogP contribution < -0.4 is 5.32 Å². The summed E-state index contributed by atoms with van der Waals surface area (Å²) in [5.41, 5.74) is 0. The Morgan fingerprint density at radius 3 is 2.83 bits per heavy atom. The minimum atomic E-state index is 0.0306. The van der Waals surface area contributed by atoms with Crippen molar-refractivity contribution < 1.29 is 9.21 Å². The maximum Gasteiger partial charge on any atom is 0.261 e. The van der Waals surface area contributed by atoms with Crippen molar-refractivity contribution in [2.75, 3.05) is 13.1 Å². The first-order valence-electron chi connectivity index (χ1n) is 8.19. The van der Waals surface area contributed by atoms with Gasteiger partial charge in [-0.3, -0.25) is 9.69 Å². The zero-order valence-electron chi connectivity index (χ0n) is 13.4. The molecular formula is C17H21N3O2S. The highest BCUT2D eigenvalue weighted by Gasteiger charge is 2.40. The zero-order chi connectivity index (χ0) is 16.0. The van der Waals surface area contributed by atoms with Gasteiger partial charge in [0.2, 0.25) is 0 Å². The van der Waals surface area contributed by atoms with E-state index in [0.29, 0.717) is 17.9 Å². The Labute approximate surface area is 139 Å². The second-order valence-corrected chi connectivity index (χ2v) is 7.60. The molecule has 3 fully saturated rings. The van der Waals surface area contributed by atoms with E-state index in [4.69, 9.17) is 4.42 Å². The van der Waals surface area contributed by atoms with E-state index in [9.17, 15) is 4.79 Å². The molecule has 1 N–H and O–H groups in total. The van der Waals surface area contributed by atoms with Gasteiger partial charge in [-0.15, -0.1) is 11.3 Å². The molecule has 3 aliphatic rings. The van der Waals surface area contributed by atoms with Crippen LogP contribution in [0.2, 0.25) is 0 Å². The van der Waals surface area contributed by atoms with Crippen LogP contribution in [0.25, 0.3) is 10.6 Å². The summed E-state index contributed by atoms with van der Waals surface area (Å²) in [6, 6.07) is 4.50. The molecule has 0 unspecified atom stereocenters. The molecule has 3 saturated heterocycles. The molecule has 0 aromatic carbocycles. The number of fused-ring (bicyclic) bond motifs is 3. The molecule has 5 nitrogen and oxygen atoms in total. The van der Waals surface area contributed by atoms with E-state index in [1.807, 2.05) is 19.1 Å². The molecule has 0 saturated carbocycles. The second-order valence-electron chi connectivity index (χ2n) is 6.52. The van der Waals surface area contributed by atoms with E-state index in [1.165, 1.54) is 37.3 Å². The van der Waals surface area contributed by atoms with Crippen molar-refractivity contribution in [3.8, 4) is 10.6 Å². The predicted molar refractivity (Wildman–Crippen MR) is 89.6 cm³/mol. The maximum atomic E-state index is 12.6. The van der Waals surface area contributed by atoms with Gasteiger partial charge < -0.3 is 9.73 Å². The SMILES string of the molecule is Cc1ncc(-c2ccc(C(=O)N[C@@H]3C4CCN(CC4)[C@H]3C)s2)o1. The summed E-state index contributed by atoms with van der Waals surface area (Å²) in [5.74, 6) is 2.02. The van der Waals surface area contributed by atoms with Gasteiger partial charge in [-0.2, -0.15) is 0 Å². The van der Waals surface area contributed by atoms with Crippen LogP contribution in [-0.2, 0) is 0 Å². The molecule has 0 spiro atoms. The van der Waals surface area contributed by atoms with Crippen LogP contribution >= 0.6 is 11.3 Å². The average Bonchev–Trinajstić information content (AvgIpc) is 3.20. The lowest BCUT2D eigenvalue weighted by atomic mass is 9.79. The van der Waals surface area contributed by atoms with Crippen LogP contribution in [0.4, 0.5) is 0 Å². The van der Waals surface area contributed by atoms with Gasteiger partial charge in [0.05, 0.1) is 16.0 Å². The number of aromatic nitrogens is 1. The normalized spacial score (nSPS) is 29.7. The molecule has 1 amide bonds. The van der Waals surface area contributed by atoms with Gasteiger partial charge in [0.1, 0.15) is 0 Å². The van der Waals surface area contributed by atoms with Gasteiger partial charge in [0.15, 0.2) is 11.7 Å². The lowest BCUT2D eigenvalue weighted by molar-refractivity contribution is 0.0218. The summed E-state index contributed by atoms with van der Waals surface area (Å²) in [6.45, 7) is 6.39. The highest BCUT2D eigenvalue weighted by atomic mass is 32.1. The van der Waals surface area contributed by atoms with E-state index < -0.39 is 0 Å². The number of aryl methyl sites for hydroxylation is 1. The van der Waals surface area contributed by atoms with Crippen molar-refractivity contribution >= 4 is 17.2 Å². The number of amides is 1. The van der Waals surface area contributed by atoms with Gasteiger partial charge in [-0.1, -0.05) is 0 Å². The largest absolute Gasteiger partial charge is 0.440 e. The van der Waals surface area contributed by atoms with E-state index >= 15 is 0 Å². The molecule has 2 aromatic rings. The second kappa shape index (κ2) is 5.76. The predicted octanol–water partition coefficient (Wildman–Crippen LogP) is 2.92. The summed E-state index contributed by atoms with van der Waals surface area (Å²) in [6.07, 6.45) is 4.10. The summed E-state index contributed by atoms with van der Waals surface area (Å²) >= 11 is 1.46. The van der Waals surface area contributed by atoms with E-state index in [-0.39, 0.29) is 11.9 Å². The maximum absolute atomic E-state index is 12.6. The molecule has 0 radical (unpaired) electrons. The van der Waals surface area contributed by atoms with Crippen molar-refractivity contribution in [3.05, 3.63) is 29.1 Å². The number of rotatable bonds is 3. The van der Waals surface area contributed by atoms with Crippen molar-refractivity contribution in [3.63, 3.8) is 0 Å². The lowest BCUT2D eigenvalue weighted by Crippen LogP contribution is -2.62. The number of hydrogen-bond donors (Lipinski definition) is 1. The molecule has 122 valence electrons. The van der Waals surface area contributed by atoms with Crippen LogP contribution in [0, 0.1) is 12.8 Å². The topological polar surface area (TPSA) is 58.4 Å². The smallest absolute Gasteiger partial charge is 0.261 e. The number of carbonyl (C=O) groups is 1. The molecule has 2 bridgehead atoms. The molecular weight excluding hydrogens is 310 g/mol. The molecule has 3 aliphatic heterocycles. The number of carbonyl (C=O) groups excluding carboxylic acids is 1. The quantitative estimate of drug-likeness (QED) is 0.939. The Kier molecular flexibility index (Phi) is 3.73. The number of hydrogen-bond acceptors (Lipinski definition) is 5. The van der Waals surface area contributed by atoms with Crippen LogP contribution in [-0.4, -0.2) is 41.0 Å². The highest BCUT2D eigenvalue weighted by Crippen LogP contribution is 2.33. The number of piperidine rings is 3. The summed E-state index contributed by atoms with van der Waals surface area (Å²) in [7, 11) is 0. The average molecular weight is 331 g/mol. The number of thiophene rings is 1. The highest BCUT2D eigenvalue weighted by molar-refractivity contribution is 7.17. The number of nitrogens with zero attached hydrogens (tertiary/aromatic N) is 2. The van der Waals surface area contributed by atoms with Gasteiger partial charge in [-0.05, 0) is 50.9 Å². The van der Waals surface area contributed by atoms with E-state index in [1.54, 1.807) is 6.20 Å². The Morgan fingerprint density at radius 1 is 1.39 bits per heavy atom. The first kappa shape index (κ1) is 14.9. The van der Waals surface area contributed by atoms with Crippen LogP contribution in [0.1, 0.15) is 35.3 Å². The third-order valence-corrected chi connectivity index (χ3v) is 6.27. The lowest BCUT2D eigenvalue weighted by Gasteiger charge is -2.49. The first-order valence-corrected chi connectivity index (χ1v) is 9.01. The standard InChI is InChI=1S/C17H21N3O2S/c1-10-16(12-5-7-20(10)8-6-12)19-17(21)15-4-3-14(23-15)13-9-18-11(2)22-13/h3-4,9-10,12,16H,5-8H2,1-2H3,(H,19,21)/t10-,16-/m0/s1. The third kappa shape index (κ3) is 2.70. The van der Waals surface area contributed by atoms with E-state index in [2.05, 4.69) is 22.1 Å². The summed E-state index contributed by atoms with van der Waals surface area (Å²) in [5, 5.41) is 3.27. The monoisotopic (exact) mass is 331 g/mol. The van der Waals surface area contributed by atoms with E-state index in [0.717, 1.165) is 15.5 Å². The first-order chi connectivity index (χ1) is 11.1. The molecule has 5 heterocycles. The minimum absolute atomic E-state index is 0.0306. The molecule has 6 heteroatoms. The fourth-order valence-corrected chi connectivity index (χ4v) is 4.69. The van der Waals surface area contributed by atoms with Crippen molar-refractivity contribution in [2.24, 2.45) is 5.92 Å². The Balaban J connectivity index is 1.48. The minimum Gasteiger partial charge on any atom is -0.440 e. The van der Waals surface area contributed by atoms with Crippen LogP contribution in [0.15, 0.2) is 22.7 Å². The van der Waals surface area contributed by atoms with Gasteiger partial charge in [0.25, 0.3) is 5.91 Å². The fourth-order valence-electron chi connectivity index (χ4n) is 3.84. The summed E-state index contributed by atoms with van der Waals surface area (Å²) in [4.78, 5) is 20.9. The Morgan fingerprint density at radius 2 is 2.17 bits per heavy atom. The zero-order valence-corrected chi connectivity index (χ0v) is 14.2. The van der Waals surface area contributed by atoms with Crippen molar-refractivity contribution in [1.82, 2.24) is 15.2 Å². The fraction of sp³-hybridized carbons (Fsp3) is 0.529. The van der Waals surface area contributed by atoms with Crippen molar-refractivity contribution in [1.29, 1.82) is 0 Å².